The first-order chi connectivity index (χ1) is 20.8. The van der Waals surface area contributed by atoms with Crippen molar-refractivity contribution in [2.24, 2.45) is 5.92 Å². The molecule has 1 saturated carbocycles. The Bertz CT molecular complexity index is 1220. The first-order valence-electron chi connectivity index (χ1n) is 16.3. The molecule has 0 bridgehead atoms. The van der Waals surface area contributed by atoms with Crippen LogP contribution in [0.5, 0.6) is 0 Å². The van der Waals surface area contributed by atoms with E-state index in [-0.39, 0.29) is 35.6 Å². The third-order valence-corrected chi connectivity index (χ3v) is 8.32. The molecule has 10 heteroatoms. The average molecular weight is 600 g/mol. The Labute approximate surface area is 256 Å². The van der Waals surface area contributed by atoms with Gasteiger partial charge in [0, 0.05) is 18.0 Å². The van der Waals surface area contributed by atoms with Gasteiger partial charge >= 0.3 is 5.97 Å². The SMILES string of the molecule is C=C(CCCCCCCCCC(=O)OC[C@H]1C(=C)[C@@H](n2cnc3c(=O)[nH]c(C)nc32)C[C@@H]1O)NOCCCCCCCC. The van der Waals surface area contributed by atoms with Gasteiger partial charge in [-0.25, -0.2) is 9.97 Å². The molecule has 1 aliphatic carbocycles. The Morgan fingerprint density at radius 3 is 2.44 bits per heavy atom. The van der Waals surface area contributed by atoms with E-state index >= 15 is 0 Å². The molecule has 0 radical (unpaired) electrons. The number of ether oxygens (including phenoxy) is 1. The standard InChI is InChI=1S/C33H53N5O5/c1-5-6-7-8-14-17-20-43-37-24(2)18-15-12-10-9-11-13-16-19-30(40)42-22-27-25(3)28(21-29(27)39)38-23-34-31-32(38)35-26(4)36-33(31)41/h23,27-29,37,39H,2-3,5-22H2,1,4H3,(H,35,36,41)/t27-,28-,29-/m0/s1. The van der Waals surface area contributed by atoms with Crippen molar-refractivity contribution >= 4 is 17.1 Å². The van der Waals surface area contributed by atoms with Crippen molar-refractivity contribution in [2.75, 3.05) is 13.2 Å². The summed E-state index contributed by atoms with van der Waals surface area (Å²) in [6.45, 7) is 13.0. The largest absolute Gasteiger partial charge is 0.465 e. The zero-order valence-electron chi connectivity index (χ0n) is 26.4. The van der Waals surface area contributed by atoms with Crippen LogP contribution in [0.3, 0.4) is 0 Å². The summed E-state index contributed by atoms with van der Waals surface area (Å²) in [4.78, 5) is 41.3. The van der Waals surface area contributed by atoms with Crippen LogP contribution in [0.2, 0.25) is 0 Å². The first kappa shape index (κ1) is 34.5. The van der Waals surface area contributed by atoms with Crippen molar-refractivity contribution in [3.8, 4) is 0 Å². The normalized spacial score (nSPS) is 18.4. The number of carbonyl (C=O) groups excluding carboxylic acids is 1. The van der Waals surface area contributed by atoms with E-state index in [4.69, 9.17) is 9.57 Å². The predicted octanol–water partition coefficient (Wildman–Crippen LogP) is 6.36. The smallest absolute Gasteiger partial charge is 0.305 e. The number of aryl methyl sites for hydroxylation is 1. The number of aromatic nitrogens is 4. The lowest BCUT2D eigenvalue weighted by Gasteiger charge is -2.17. The lowest BCUT2D eigenvalue weighted by atomic mass is 10.0. The number of nitrogens with zero attached hydrogens (tertiary/aromatic N) is 3. The van der Waals surface area contributed by atoms with E-state index in [2.05, 4.69) is 40.5 Å². The second-order valence-corrected chi connectivity index (χ2v) is 12.0. The average Bonchev–Trinajstić information content (AvgIpc) is 3.52. The minimum atomic E-state index is -0.698. The molecule has 10 nitrogen and oxygen atoms in total. The number of aliphatic hydroxyl groups is 1. The molecule has 0 spiro atoms. The number of H-pyrrole nitrogens is 1. The van der Waals surface area contributed by atoms with Gasteiger partial charge < -0.3 is 19.4 Å². The Balaban J connectivity index is 1.20. The second kappa shape index (κ2) is 18.6. The lowest BCUT2D eigenvalue weighted by Crippen LogP contribution is -2.22. The number of nitrogens with one attached hydrogen (secondary N) is 2. The summed E-state index contributed by atoms with van der Waals surface area (Å²) in [5.74, 6) is -0.120. The summed E-state index contributed by atoms with van der Waals surface area (Å²) in [6, 6.07) is -0.269. The highest BCUT2D eigenvalue weighted by atomic mass is 16.6. The molecule has 2 heterocycles. The van der Waals surface area contributed by atoms with Crippen molar-refractivity contribution in [3.63, 3.8) is 0 Å². The van der Waals surface area contributed by atoms with Crippen molar-refractivity contribution < 1.29 is 19.5 Å². The lowest BCUT2D eigenvalue weighted by molar-refractivity contribution is -0.145. The number of esters is 1. The topological polar surface area (TPSA) is 131 Å². The van der Waals surface area contributed by atoms with E-state index in [1.165, 1.54) is 38.5 Å². The number of hydrogen-bond acceptors (Lipinski definition) is 8. The van der Waals surface area contributed by atoms with Gasteiger partial charge in [-0.15, -0.1) is 0 Å². The van der Waals surface area contributed by atoms with Crippen LogP contribution in [-0.2, 0) is 14.4 Å². The van der Waals surface area contributed by atoms with Crippen molar-refractivity contribution in [3.05, 3.63) is 46.9 Å². The monoisotopic (exact) mass is 599 g/mol. The first-order valence-corrected chi connectivity index (χ1v) is 16.3. The van der Waals surface area contributed by atoms with Crippen LogP contribution in [0, 0.1) is 12.8 Å². The molecule has 3 atom stereocenters. The molecule has 240 valence electrons. The van der Waals surface area contributed by atoms with Gasteiger partial charge in [-0.3, -0.25) is 19.9 Å². The molecule has 2 aromatic rings. The van der Waals surface area contributed by atoms with Gasteiger partial charge in [-0.1, -0.05) is 84.3 Å². The number of allylic oxidation sites excluding steroid dienone is 1. The number of aromatic amines is 1. The number of hydrogen-bond donors (Lipinski definition) is 3. The highest BCUT2D eigenvalue weighted by molar-refractivity contribution is 5.70. The molecule has 3 N–H and O–H groups in total. The van der Waals surface area contributed by atoms with Gasteiger partial charge in [0.1, 0.15) is 12.4 Å². The molecule has 0 aromatic carbocycles. The van der Waals surface area contributed by atoms with Crippen LogP contribution < -0.4 is 11.0 Å². The summed E-state index contributed by atoms with van der Waals surface area (Å²) in [5, 5.41) is 10.7. The number of carbonyl (C=O) groups is 1. The predicted molar refractivity (Wildman–Crippen MR) is 169 cm³/mol. The zero-order chi connectivity index (χ0) is 31.0. The Morgan fingerprint density at radius 1 is 1.07 bits per heavy atom. The van der Waals surface area contributed by atoms with Crippen molar-refractivity contribution in [1.29, 1.82) is 0 Å². The third kappa shape index (κ3) is 11.2. The maximum Gasteiger partial charge on any atom is 0.305 e. The molecule has 3 rings (SSSR count). The van der Waals surface area contributed by atoms with E-state index in [1.807, 2.05) is 0 Å². The molecule has 0 aliphatic heterocycles. The Morgan fingerprint density at radius 2 is 1.72 bits per heavy atom. The molecular formula is C33H53N5O5. The van der Waals surface area contributed by atoms with Gasteiger partial charge in [0.05, 0.1) is 25.1 Å². The number of imidazole rings is 1. The van der Waals surface area contributed by atoms with Gasteiger partial charge in [0.2, 0.25) is 0 Å². The fourth-order valence-corrected chi connectivity index (χ4v) is 5.72. The molecular weight excluding hydrogens is 546 g/mol. The zero-order valence-corrected chi connectivity index (χ0v) is 26.4. The molecule has 1 fully saturated rings. The molecule has 43 heavy (non-hydrogen) atoms. The Kier molecular flexibility index (Phi) is 15.0. The fraction of sp³-hybridized carbons (Fsp3) is 0.697. The van der Waals surface area contributed by atoms with Crippen LogP contribution in [0.1, 0.15) is 122 Å². The highest BCUT2D eigenvalue weighted by Crippen LogP contribution is 2.40. The number of unbranched alkanes of at least 4 members (excludes halogenated alkanes) is 11. The van der Waals surface area contributed by atoms with Crippen LogP contribution in [0.4, 0.5) is 0 Å². The minimum Gasteiger partial charge on any atom is -0.465 e. The van der Waals surface area contributed by atoms with Crippen LogP contribution in [0.15, 0.2) is 35.5 Å². The number of fused-ring (bicyclic) bond motifs is 1. The minimum absolute atomic E-state index is 0.0965. The van der Waals surface area contributed by atoms with Gasteiger partial charge in [0.25, 0.3) is 5.56 Å². The van der Waals surface area contributed by atoms with E-state index in [1.54, 1.807) is 17.8 Å². The summed E-state index contributed by atoms with van der Waals surface area (Å²) in [5.41, 5.74) is 5.11. The second-order valence-electron chi connectivity index (χ2n) is 12.0. The van der Waals surface area contributed by atoms with Crippen molar-refractivity contribution in [1.82, 2.24) is 25.0 Å². The number of hydroxylamine groups is 1. The van der Waals surface area contributed by atoms with E-state index < -0.39 is 6.10 Å². The summed E-state index contributed by atoms with van der Waals surface area (Å²) >= 11 is 0. The van der Waals surface area contributed by atoms with Crippen LogP contribution >= 0.6 is 0 Å². The maximum atomic E-state index is 12.4. The van der Waals surface area contributed by atoms with Crippen molar-refractivity contribution in [2.45, 2.75) is 129 Å². The maximum absolute atomic E-state index is 12.4. The van der Waals surface area contributed by atoms with Gasteiger partial charge in [-0.05, 0) is 44.6 Å². The summed E-state index contributed by atoms with van der Waals surface area (Å²) < 4.78 is 7.30. The highest BCUT2D eigenvalue weighted by Gasteiger charge is 2.39. The van der Waals surface area contributed by atoms with Crippen LogP contribution in [-0.4, -0.2) is 49.9 Å². The molecule has 0 amide bonds. The van der Waals surface area contributed by atoms with Crippen LogP contribution in [0.25, 0.3) is 11.2 Å². The molecule has 2 aromatic heterocycles. The van der Waals surface area contributed by atoms with Gasteiger partial charge in [-0.2, -0.15) is 0 Å². The fourth-order valence-electron chi connectivity index (χ4n) is 5.72. The molecule has 1 aliphatic rings. The number of rotatable bonds is 22. The summed E-state index contributed by atoms with van der Waals surface area (Å²) in [6.07, 6.45) is 17.6. The van der Waals surface area contributed by atoms with E-state index in [0.29, 0.717) is 24.3 Å². The Hall–Kier alpha value is -2.98. The van der Waals surface area contributed by atoms with E-state index in [9.17, 15) is 14.7 Å². The summed E-state index contributed by atoms with van der Waals surface area (Å²) in [7, 11) is 0. The molecule has 0 unspecified atom stereocenters. The number of aliphatic hydroxyl groups excluding tert-OH is 1. The molecule has 0 saturated heterocycles. The third-order valence-electron chi connectivity index (χ3n) is 8.32. The quantitative estimate of drug-likeness (QED) is 0.0617. The van der Waals surface area contributed by atoms with E-state index in [0.717, 1.165) is 69.2 Å². The van der Waals surface area contributed by atoms with Gasteiger partial charge in [0.15, 0.2) is 11.2 Å².